The summed E-state index contributed by atoms with van der Waals surface area (Å²) < 4.78 is 7.36. The van der Waals surface area contributed by atoms with Crippen LogP contribution in [0.4, 0.5) is 0 Å². The molecule has 9 heteroatoms. The zero-order valence-corrected chi connectivity index (χ0v) is 19.1. The van der Waals surface area contributed by atoms with Crippen LogP contribution in [0.1, 0.15) is 58.4 Å². The van der Waals surface area contributed by atoms with Crippen LogP contribution in [0.2, 0.25) is 5.02 Å². The second-order valence-corrected chi connectivity index (χ2v) is 9.19. The lowest BCUT2D eigenvalue weighted by molar-refractivity contribution is -0.168. The van der Waals surface area contributed by atoms with E-state index in [-0.39, 0.29) is 17.1 Å². The highest BCUT2D eigenvalue weighted by Gasteiger charge is 2.19. The van der Waals surface area contributed by atoms with E-state index >= 15 is 0 Å². The highest BCUT2D eigenvalue weighted by atomic mass is 35.5. The van der Waals surface area contributed by atoms with Gasteiger partial charge >= 0.3 is 5.69 Å². The van der Waals surface area contributed by atoms with Gasteiger partial charge < -0.3 is 14.4 Å². The topological polar surface area (TPSA) is 110 Å². The van der Waals surface area contributed by atoms with E-state index < -0.39 is 17.5 Å². The van der Waals surface area contributed by atoms with Gasteiger partial charge in [-0.15, -0.1) is 0 Å². The normalized spacial score (nSPS) is 13.2. The Morgan fingerprint density at radius 2 is 1.87 bits per heavy atom. The number of aryl methyl sites for hydroxylation is 2. The molecule has 0 aliphatic carbocycles. The summed E-state index contributed by atoms with van der Waals surface area (Å²) in [4.78, 5) is 34.7. The first-order chi connectivity index (χ1) is 14.5. The van der Waals surface area contributed by atoms with Crippen molar-refractivity contribution in [3.8, 4) is 11.5 Å². The first-order valence-electron chi connectivity index (χ1n) is 10.5. The summed E-state index contributed by atoms with van der Waals surface area (Å²) in [6, 6.07) is 3.63. The fraction of sp³-hybridized carbons (Fsp3) is 0.545. The van der Waals surface area contributed by atoms with Crippen molar-refractivity contribution in [1.82, 2.24) is 19.5 Å². The highest BCUT2D eigenvalue weighted by molar-refractivity contribution is 6.32. The molecule has 8 nitrogen and oxygen atoms in total. The fourth-order valence-corrected chi connectivity index (χ4v) is 3.71. The summed E-state index contributed by atoms with van der Waals surface area (Å²) >= 11 is 6.32. The molecule has 1 atom stereocenters. The molecule has 0 fully saturated rings. The second kappa shape index (κ2) is 9.46. The number of aromatic nitrogens is 4. The molecule has 0 amide bonds. The van der Waals surface area contributed by atoms with Crippen LogP contribution in [-0.4, -0.2) is 36.5 Å². The fourth-order valence-electron chi connectivity index (χ4n) is 3.56. The number of ether oxygens (including phenoxy) is 1. The molecule has 0 saturated carbocycles. The number of hydrogen-bond donors (Lipinski definition) is 2. The molecule has 2 aliphatic rings. The van der Waals surface area contributed by atoms with Gasteiger partial charge in [-0.1, -0.05) is 24.4 Å². The van der Waals surface area contributed by atoms with Crippen molar-refractivity contribution in [3.05, 3.63) is 43.6 Å². The molecular weight excluding hydrogens is 420 g/mol. The van der Waals surface area contributed by atoms with Gasteiger partial charge in [0.15, 0.2) is 17.8 Å². The van der Waals surface area contributed by atoms with Crippen LogP contribution in [0, 0.1) is 6.92 Å². The maximum absolute atomic E-state index is 12.3. The number of nitrogens with one attached hydrogen (secondary N) is 1. The second-order valence-electron chi connectivity index (χ2n) is 8.78. The Kier molecular flexibility index (Phi) is 7.13. The number of unbranched alkanes of at least 4 members (excludes halogenated alkanes) is 3. The Bertz CT molecular complexity index is 1150. The van der Waals surface area contributed by atoms with E-state index in [4.69, 9.17) is 16.3 Å². The van der Waals surface area contributed by atoms with Gasteiger partial charge in [0.2, 0.25) is 0 Å². The molecular formula is C22H29ClN4O4. The minimum atomic E-state index is -0.765. The number of halogens is 1. The number of fused-ring (bicyclic) bond motifs is 2. The number of hydrogen-bond acceptors (Lipinski definition) is 6. The zero-order chi connectivity index (χ0) is 22.8. The quantitative estimate of drug-likeness (QED) is 0.309. The van der Waals surface area contributed by atoms with Crippen LogP contribution in [0.3, 0.4) is 0 Å². The average Bonchev–Trinajstić information content (AvgIpc) is 2.64. The Balaban J connectivity index is 1.75. The van der Waals surface area contributed by atoms with Gasteiger partial charge in [0.05, 0.1) is 16.6 Å². The number of H-pyrrole nitrogens is 1. The van der Waals surface area contributed by atoms with Crippen molar-refractivity contribution >= 4 is 22.6 Å². The third-order valence-electron chi connectivity index (χ3n) is 4.96. The molecule has 3 rings (SSSR count). The molecule has 168 valence electrons. The van der Waals surface area contributed by atoms with Crippen LogP contribution in [0.5, 0.6) is 0 Å². The third kappa shape index (κ3) is 5.90. The maximum atomic E-state index is 12.3. The minimum absolute atomic E-state index is 0.135. The predicted molar refractivity (Wildman–Crippen MR) is 121 cm³/mol. The zero-order valence-electron chi connectivity index (χ0n) is 18.4. The molecule has 2 N–H and O–H groups in total. The van der Waals surface area contributed by atoms with Crippen LogP contribution in [0.25, 0.3) is 22.6 Å². The van der Waals surface area contributed by atoms with E-state index in [0.29, 0.717) is 23.5 Å². The van der Waals surface area contributed by atoms with E-state index in [1.807, 2.05) is 38.3 Å². The van der Waals surface area contributed by atoms with Crippen LogP contribution in [-0.2, 0) is 11.3 Å². The Hall–Kier alpha value is -2.29. The summed E-state index contributed by atoms with van der Waals surface area (Å²) in [5, 5.41) is 10.5. The molecule has 1 aromatic rings. The molecule has 1 aromatic carbocycles. The Morgan fingerprint density at radius 1 is 1.16 bits per heavy atom. The molecule has 31 heavy (non-hydrogen) atoms. The molecule has 0 bridgehead atoms. The number of nitrogens with zero attached hydrogens (tertiary/aromatic N) is 3. The highest BCUT2D eigenvalue weighted by Crippen LogP contribution is 2.27. The van der Waals surface area contributed by atoms with Crippen LogP contribution >= 0.6 is 11.6 Å². The average molecular weight is 449 g/mol. The first kappa shape index (κ1) is 23.4. The predicted octanol–water partition coefficient (Wildman–Crippen LogP) is 3.63. The molecule has 0 saturated heterocycles. The summed E-state index contributed by atoms with van der Waals surface area (Å²) in [5.41, 5.74) is 0.733. The Morgan fingerprint density at radius 3 is 2.58 bits per heavy atom. The van der Waals surface area contributed by atoms with Crippen molar-refractivity contribution in [2.75, 3.05) is 0 Å². The molecule has 0 aromatic heterocycles. The monoisotopic (exact) mass is 448 g/mol. The molecule has 2 aliphatic heterocycles. The van der Waals surface area contributed by atoms with Gasteiger partial charge in [-0.25, -0.2) is 9.78 Å². The smallest absolute Gasteiger partial charge is 0.349 e. The maximum Gasteiger partial charge on any atom is 0.349 e. The summed E-state index contributed by atoms with van der Waals surface area (Å²) in [6.07, 6.45) is 3.30. The number of rotatable bonds is 8. The van der Waals surface area contributed by atoms with Gasteiger partial charge in [-0.2, -0.15) is 4.98 Å². The van der Waals surface area contributed by atoms with E-state index in [9.17, 15) is 14.7 Å². The van der Waals surface area contributed by atoms with E-state index in [1.54, 1.807) is 6.07 Å². The van der Waals surface area contributed by atoms with E-state index in [1.165, 1.54) is 0 Å². The van der Waals surface area contributed by atoms with E-state index in [2.05, 4.69) is 15.0 Å². The van der Waals surface area contributed by atoms with Crippen LogP contribution < -0.4 is 11.2 Å². The van der Waals surface area contributed by atoms with Crippen LogP contribution in [0.15, 0.2) is 21.7 Å². The molecule has 0 spiro atoms. The van der Waals surface area contributed by atoms with Gasteiger partial charge in [0.25, 0.3) is 5.56 Å². The number of benzene rings is 1. The van der Waals surface area contributed by atoms with E-state index in [0.717, 1.165) is 36.8 Å². The van der Waals surface area contributed by atoms with Gasteiger partial charge in [0.1, 0.15) is 0 Å². The lowest BCUT2D eigenvalue weighted by atomic mass is 10.1. The largest absolute Gasteiger partial charge is 0.368 e. The number of aliphatic hydroxyl groups excluding tert-OH is 1. The summed E-state index contributed by atoms with van der Waals surface area (Å²) in [5.74, 6) is 0.259. The summed E-state index contributed by atoms with van der Waals surface area (Å²) in [6.45, 7) is 8.18. The number of aromatic amines is 1. The van der Waals surface area contributed by atoms with Crippen molar-refractivity contribution < 1.29 is 9.84 Å². The van der Waals surface area contributed by atoms with Crippen molar-refractivity contribution in [3.63, 3.8) is 0 Å². The molecule has 0 radical (unpaired) electrons. The standard InChI is InChI=1S/C22H29ClN4O4/c1-13-11-15-16(12-14(13)23)27(19-18(24-15)20(29)26-21(30)25-19)10-8-6-5-7-9-17(28)31-22(2,3)4/h11-12,17,28H,5-10H2,1-4H3,(H,26,29,30). The van der Waals surface area contributed by atoms with Crippen molar-refractivity contribution in [2.45, 2.75) is 78.2 Å². The first-order valence-corrected chi connectivity index (χ1v) is 10.9. The molecule has 2 heterocycles. The van der Waals surface area contributed by atoms with Crippen molar-refractivity contribution in [2.24, 2.45) is 0 Å². The van der Waals surface area contributed by atoms with Crippen molar-refractivity contribution in [1.29, 1.82) is 0 Å². The lowest BCUT2D eigenvalue weighted by Crippen LogP contribution is -2.29. The summed E-state index contributed by atoms with van der Waals surface area (Å²) in [7, 11) is 0. The Labute approximate surface area is 185 Å². The SMILES string of the molecule is Cc1cc2nc3c(=O)[nH]c(=O)nc-3n(CCCCCCC(O)OC(C)(C)C)c2cc1Cl. The minimum Gasteiger partial charge on any atom is -0.368 e. The van der Waals surface area contributed by atoms with Gasteiger partial charge in [-0.3, -0.25) is 9.78 Å². The number of aliphatic hydroxyl groups is 1. The van der Waals surface area contributed by atoms with Gasteiger partial charge in [0, 0.05) is 11.6 Å². The van der Waals surface area contributed by atoms with Gasteiger partial charge in [-0.05, 0) is 64.7 Å². The third-order valence-corrected chi connectivity index (χ3v) is 5.37. The molecule has 1 unspecified atom stereocenters. The lowest BCUT2D eigenvalue weighted by Gasteiger charge is -2.23.